The fourth-order valence-corrected chi connectivity index (χ4v) is 4.29. The second-order valence-electron chi connectivity index (χ2n) is 7.94. The summed E-state index contributed by atoms with van der Waals surface area (Å²) in [6, 6.07) is 12.4. The summed E-state index contributed by atoms with van der Waals surface area (Å²) in [5.41, 5.74) is 2.36. The van der Waals surface area contributed by atoms with Crippen molar-refractivity contribution in [3.05, 3.63) is 76.2 Å². The Hall–Kier alpha value is -3.10. The number of urea groups is 1. The first-order valence-corrected chi connectivity index (χ1v) is 11.3. The highest BCUT2D eigenvalue weighted by molar-refractivity contribution is 6.30. The fourth-order valence-electron chi connectivity index (χ4n) is 4.17. The number of benzene rings is 2. The van der Waals surface area contributed by atoms with E-state index >= 15 is 0 Å². The average molecular weight is 473 g/mol. The minimum Gasteiger partial charge on any atom is -0.463 e. The molecule has 2 aliphatic heterocycles. The molecule has 2 amide bonds. The molecule has 2 aliphatic rings. The van der Waals surface area contributed by atoms with Crippen molar-refractivity contribution in [3.8, 4) is 0 Å². The number of amides is 2. The number of hydrogen-bond donors (Lipinski definition) is 2. The average Bonchev–Trinajstić information content (AvgIpc) is 2.80. The summed E-state index contributed by atoms with van der Waals surface area (Å²) in [6.45, 7) is 5.37. The van der Waals surface area contributed by atoms with Gasteiger partial charge in [-0.3, -0.25) is 4.90 Å². The molecule has 0 aliphatic carbocycles. The number of nitrogens with zero attached hydrogens (tertiary/aromatic N) is 2. The Morgan fingerprint density at radius 3 is 2.55 bits per heavy atom. The Bertz CT molecular complexity index is 1050. The van der Waals surface area contributed by atoms with Crippen molar-refractivity contribution >= 4 is 29.3 Å². The molecule has 7 nitrogen and oxygen atoms in total. The first kappa shape index (κ1) is 23.1. The lowest BCUT2D eigenvalue weighted by Gasteiger charge is -2.38. The van der Waals surface area contributed by atoms with E-state index in [1.54, 1.807) is 19.1 Å². The number of nitrogens with one attached hydrogen (secondary N) is 2. The van der Waals surface area contributed by atoms with Crippen LogP contribution in [0, 0.1) is 5.82 Å². The van der Waals surface area contributed by atoms with E-state index < -0.39 is 23.9 Å². The molecule has 0 spiro atoms. The Morgan fingerprint density at radius 1 is 1.15 bits per heavy atom. The van der Waals surface area contributed by atoms with Gasteiger partial charge in [0.15, 0.2) is 0 Å². The molecule has 174 valence electrons. The molecule has 0 bridgehead atoms. The van der Waals surface area contributed by atoms with Crippen molar-refractivity contribution in [2.75, 3.05) is 44.2 Å². The number of piperazine rings is 1. The van der Waals surface area contributed by atoms with Crippen LogP contribution in [0.15, 0.2) is 59.8 Å². The summed E-state index contributed by atoms with van der Waals surface area (Å²) in [4.78, 5) is 29.8. The predicted molar refractivity (Wildman–Crippen MR) is 125 cm³/mol. The van der Waals surface area contributed by atoms with Gasteiger partial charge in [-0.15, -0.1) is 0 Å². The maximum absolute atomic E-state index is 13.9. The van der Waals surface area contributed by atoms with E-state index in [-0.39, 0.29) is 6.61 Å². The topological polar surface area (TPSA) is 73.9 Å². The van der Waals surface area contributed by atoms with Crippen LogP contribution in [0.5, 0.6) is 0 Å². The van der Waals surface area contributed by atoms with Crippen LogP contribution in [0.3, 0.4) is 0 Å². The Labute approximate surface area is 197 Å². The maximum atomic E-state index is 13.9. The minimum atomic E-state index is -0.793. The van der Waals surface area contributed by atoms with E-state index in [0.717, 1.165) is 31.9 Å². The Kier molecular flexibility index (Phi) is 7.15. The lowest BCUT2D eigenvalue weighted by atomic mass is 9.94. The van der Waals surface area contributed by atoms with Crippen LogP contribution in [0.2, 0.25) is 5.02 Å². The highest BCUT2D eigenvalue weighted by atomic mass is 35.5. The number of ether oxygens (including phenoxy) is 1. The summed E-state index contributed by atoms with van der Waals surface area (Å²) < 4.78 is 19.2. The largest absolute Gasteiger partial charge is 0.463 e. The van der Waals surface area contributed by atoms with Crippen LogP contribution in [-0.4, -0.2) is 56.2 Å². The standard InChI is InChI=1S/C24H26ClFN4O3/c1-2-33-23(31)21-20(27-24(32)28-22(21)16-4-3-5-18(26)14-16)15-29-10-12-30(13-11-29)19-8-6-17(25)7-9-19/h3-9,14,22H,2,10-13,15H2,1H3,(H2,27,28,32)/t22-/m1/s1. The van der Waals surface area contributed by atoms with Crippen molar-refractivity contribution in [3.63, 3.8) is 0 Å². The Morgan fingerprint density at radius 2 is 1.88 bits per heavy atom. The van der Waals surface area contributed by atoms with Gasteiger partial charge in [0.25, 0.3) is 0 Å². The molecule has 1 atom stereocenters. The molecule has 4 rings (SSSR count). The van der Waals surface area contributed by atoms with Gasteiger partial charge in [0.05, 0.1) is 18.2 Å². The van der Waals surface area contributed by atoms with Gasteiger partial charge in [0.2, 0.25) is 0 Å². The monoisotopic (exact) mass is 472 g/mol. The lowest BCUT2D eigenvalue weighted by molar-refractivity contribution is -0.139. The van der Waals surface area contributed by atoms with E-state index in [9.17, 15) is 14.0 Å². The zero-order valence-corrected chi connectivity index (χ0v) is 19.1. The molecule has 0 unspecified atom stereocenters. The van der Waals surface area contributed by atoms with Gasteiger partial charge < -0.3 is 20.3 Å². The van der Waals surface area contributed by atoms with E-state index in [2.05, 4.69) is 20.4 Å². The first-order chi connectivity index (χ1) is 15.9. The van der Waals surface area contributed by atoms with Crippen molar-refractivity contribution < 1.29 is 18.7 Å². The molecule has 0 radical (unpaired) electrons. The molecular formula is C24H26ClFN4O3. The number of rotatable bonds is 6. The molecule has 1 saturated heterocycles. The van der Waals surface area contributed by atoms with Gasteiger partial charge in [0.1, 0.15) is 5.82 Å². The molecule has 2 aromatic carbocycles. The summed E-state index contributed by atoms with van der Waals surface area (Å²) in [7, 11) is 0. The SMILES string of the molecule is CCOC(=O)C1=C(CN2CCN(c3ccc(Cl)cc3)CC2)NC(=O)N[C@@H]1c1cccc(F)c1. The second-order valence-corrected chi connectivity index (χ2v) is 8.38. The van der Waals surface area contributed by atoms with Gasteiger partial charge in [-0.05, 0) is 48.9 Å². The maximum Gasteiger partial charge on any atom is 0.338 e. The third-order valence-corrected chi connectivity index (χ3v) is 6.03. The smallest absolute Gasteiger partial charge is 0.338 e. The summed E-state index contributed by atoms with van der Waals surface area (Å²) in [5.74, 6) is -0.975. The number of hydrogen-bond acceptors (Lipinski definition) is 5. The van der Waals surface area contributed by atoms with Crippen LogP contribution in [-0.2, 0) is 9.53 Å². The number of anilines is 1. The molecule has 1 fully saturated rings. The third-order valence-electron chi connectivity index (χ3n) is 5.78. The lowest BCUT2D eigenvalue weighted by Crippen LogP contribution is -2.51. The molecule has 0 saturated carbocycles. The zero-order chi connectivity index (χ0) is 23.4. The molecule has 0 aromatic heterocycles. The normalized spacial score (nSPS) is 19.2. The quantitative estimate of drug-likeness (QED) is 0.630. The third kappa shape index (κ3) is 5.46. The van der Waals surface area contributed by atoms with Crippen LogP contribution < -0.4 is 15.5 Å². The fraction of sp³-hybridized carbons (Fsp3) is 0.333. The Balaban J connectivity index is 1.55. The van der Waals surface area contributed by atoms with E-state index in [4.69, 9.17) is 16.3 Å². The molecule has 33 heavy (non-hydrogen) atoms. The van der Waals surface area contributed by atoms with Gasteiger partial charge in [-0.1, -0.05) is 23.7 Å². The van der Waals surface area contributed by atoms with E-state index in [1.165, 1.54) is 12.1 Å². The van der Waals surface area contributed by atoms with Gasteiger partial charge >= 0.3 is 12.0 Å². The summed E-state index contributed by atoms with van der Waals surface area (Å²) in [5, 5.41) is 6.22. The van der Waals surface area contributed by atoms with Crippen molar-refractivity contribution in [2.24, 2.45) is 0 Å². The molecular weight excluding hydrogens is 447 g/mol. The van der Waals surface area contributed by atoms with Crippen LogP contribution >= 0.6 is 11.6 Å². The zero-order valence-electron chi connectivity index (χ0n) is 18.3. The van der Waals surface area contributed by atoms with Crippen LogP contribution in [0.4, 0.5) is 14.9 Å². The van der Waals surface area contributed by atoms with Crippen LogP contribution in [0.25, 0.3) is 0 Å². The molecule has 2 aromatic rings. The number of carbonyl (C=O) groups excluding carboxylic acids is 2. The van der Waals surface area contributed by atoms with Crippen molar-refractivity contribution in [1.82, 2.24) is 15.5 Å². The number of carbonyl (C=O) groups is 2. The van der Waals surface area contributed by atoms with Gasteiger partial charge in [-0.2, -0.15) is 0 Å². The van der Waals surface area contributed by atoms with Gasteiger partial charge in [0, 0.05) is 49.1 Å². The summed E-state index contributed by atoms with van der Waals surface area (Å²) >= 11 is 5.99. The van der Waals surface area contributed by atoms with E-state index in [1.807, 2.05) is 24.3 Å². The predicted octanol–water partition coefficient (Wildman–Crippen LogP) is 3.47. The van der Waals surface area contributed by atoms with Crippen molar-refractivity contribution in [2.45, 2.75) is 13.0 Å². The highest BCUT2D eigenvalue weighted by Gasteiger charge is 2.34. The number of esters is 1. The molecule has 9 heteroatoms. The van der Waals surface area contributed by atoms with Crippen LogP contribution in [0.1, 0.15) is 18.5 Å². The summed E-state index contributed by atoms with van der Waals surface area (Å²) in [6.07, 6.45) is 0. The number of halogens is 2. The van der Waals surface area contributed by atoms with Crippen molar-refractivity contribution in [1.29, 1.82) is 0 Å². The van der Waals surface area contributed by atoms with E-state index in [0.29, 0.717) is 28.4 Å². The molecule has 2 N–H and O–H groups in total. The first-order valence-electron chi connectivity index (χ1n) is 10.9. The highest BCUT2D eigenvalue weighted by Crippen LogP contribution is 2.29. The van der Waals surface area contributed by atoms with Gasteiger partial charge in [-0.25, -0.2) is 14.0 Å². The molecule has 2 heterocycles. The second kappa shape index (κ2) is 10.2. The minimum absolute atomic E-state index is 0.194.